The molecule has 1 aromatic heterocycles. The van der Waals surface area contributed by atoms with Crippen molar-refractivity contribution in [1.82, 2.24) is 4.98 Å². The van der Waals surface area contributed by atoms with Crippen LogP contribution in [-0.4, -0.2) is 4.98 Å². The van der Waals surface area contributed by atoms with Crippen LogP contribution in [0.15, 0.2) is 35.3 Å². The zero-order valence-electron chi connectivity index (χ0n) is 5.65. The first-order chi connectivity index (χ1) is 5.36. The van der Waals surface area contributed by atoms with Crippen molar-refractivity contribution in [2.75, 3.05) is 0 Å². The maximum absolute atomic E-state index is 10.8. The van der Waals surface area contributed by atoms with E-state index in [4.69, 9.17) is 0 Å². The Balaban J connectivity index is 2.94. The van der Waals surface area contributed by atoms with Gasteiger partial charge in [0.25, 0.3) is 0 Å². The molecule has 3 heteroatoms. The molecule has 2 aromatic rings. The fraction of sp³-hybridized carbons (Fsp3) is 0. The van der Waals surface area contributed by atoms with Crippen LogP contribution < -0.4 is 4.87 Å². The molecule has 1 aromatic carbocycles. The summed E-state index contributed by atoms with van der Waals surface area (Å²) in [5.74, 6) is 0. The highest BCUT2D eigenvalue weighted by Crippen LogP contribution is 2.12. The lowest BCUT2D eigenvalue weighted by atomic mass is 10.3. The number of hydrogen-bond donors (Lipinski definition) is 0. The highest BCUT2D eigenvalue weighted by atomic mass is 32.1. The Hall–Kier alpha value is -1.22. The first-order valence-electron chi connectivity index (χ1n) is 3.21. The molecule has 0 N–H and O–H groups in total. The zero-order valence-corrected chi connectivity index (χ0v) is 6.47. The molecule has 0 radical (unpaired) electrons. The number of nitrogens with zero attached hydrogens (tertiary/aromatic N) is 1. The van der Waals surface area contributed by atoms with E-state index in [0.717, 1.165) is 10.1 Å². The number of benzene rings is 1. The van der Waals surface area contributed by atoms with Crippen molar-refractivity contribution in [2.24, 2.45) is 0 Å². The normalized spacial score (nSPS) is 10.2. The Bertz CT molecular complexity index is 435. The highest BCUT2D eigenvalue weighted by Gasteiger charge is 1.91. The van der Waals surface area contributed by atoms with Gasteiger partial charge in [-0.1, -0.05) is 29.5 Å². The molecule has 0 amide bonds. The minimum absolute atomic E-state index is 0.135. The van der Waals surface area contributed by atoms with E-state index in [0.29, 0.717) is 0 Å². The fourth-order valence-corrected chi connectivity index (χ4v) is 1.60. The van der Waals surface area contributed by atoms with Gasteiger partial charge in [0.05, 0.1) is 0 Å². The summed E-state index contributed by atoms with van der Waals surface area (Å²) in [6.07, 6.45) is 1.61. The van der Waals surface area contributed by atoms with Gasteiger partial charge in [-0.2, -0.15) is 0 Å². The number of fused-ring (bicyclic) bond motifs is 1. The van der Waals surface area contributed by atoms with E-state index in [1.54, 1.807) is 6.20 Å². The Labute approximate surface area is 67.1 Å². The molecule has 0 aliphatic heterocycles. The van der Waals surface area contributed by atoms with Gasteiger partial charge >= 0.3 is 4.87 Å². The zero-order chi connectivity index (χ0) is 7.68. The van der Waals surface area contributed by atoms with E-state index < -0.39 is 0 Å². The molecule has 0 unspecified atom stereocenters. The largest absolute Gasteiger partial charge is 0.326 e. The van der Waals surface area contributed by atoms with Gasteiger partial charge in [-0.15, -0.1) is 0 Å². The summed E-state index contributed by atoms with van der Waals surface area (Å²) in [4.78, 5) is 14.3. The third kappa shape index (κ3) is 1.14. The van der Waals surface area contributed by atoms with Crippen molar-refractivity contribution in [3.05, 3.63) is 40.1 Å². The van der Waals surface area contributed by atoms with Crippen molar-refractivity contribution in [3.8, 4) is 0 Å². The fourth-order valence-electron chi connectivity index (χ4n) is 0.923. The Morgan fingerprint density at radius 2 is 2.09 bits per heavy atom. The van der Waals surface area contributed by atoms with E-state index in [1.807, 2.05) is 24.3 Å². The molecule has 0 saturated heterocycles. The molecule has 2 rings (SSSR count). The van der Waals surface area contributed by atoms with Crippen LogP contribution in [0.3, 0.4) is 0 Å². The van der Waals surface area contributed by atoms with Crippen LogP contribution >= 0.6 is 11.3 Å². The van der Waals surface area contributed by atoms with Gasteiger partial charge < -0.3 is 0 Å². The van der Waals surface area contributed by atoms with Gasteiger partial charge in [0, 0.05) is 16.3 Å². The highest BCUT2D eigenvalue weighted by molar-refractivity contribution is 7.15. The van der Waals surface area contributed by atoms with Crippen molar-refractivity contribution in [3.63, 3.8) is 0 Å². The molecule has 0 fully saturated rings. The quantitative estimate of drug-likeness (QED) is 0.591. The molecule has 0 atom stereocenters. The second kappa shape index (κ2) is 2.43. The van der Waals surface area contributed by atoms with Crippen LogP contribution in [0.25, 0.3) is 10.1 Å². The van der Waals surface area contributed by atoms with Crippen molar-refractivity contribution < 1.29 is 0 Å². The minimum Gasteiger partial charge on any atom is -0.255 e. The molecule has 1 heterocycles. The predicted molar refractivity (Wildman–Crippen MR) is 45.9 cm³/mol. The first-order valence-corrected chi connectivity index (χ1v) is 4.03. The molecule has 0 aliphatic carbocycles. The number of rotatable bonds is 0. The SMILES string of the molecule is O=c1ncc2ccccc2s1. The van der Waals surface area contributed by atoms with Gasteiger partial charge in [-0.3, -0.25) is 4.79 Å². The van der Waals surface area contributed by atoms with Crippen LogP contribution in [0.4, 0.5) is 0 Å². The predicted octanol–water partition coefficient (Wildman–Crippen LogP) is 1.66. The van der Waals surface area contributed by atoms with Gasteiger partial charge in [-0.05, 0) is 6.07 Å². The van der Waals surface area contributed by atoms with E-state index in [1.165, 1.54) is 11.3 Å². The smallest absolute Gasteiger partial charge is 0.255 e. The lowest BCUT2D eigenvalue weighted by Gasteiger charge is -1.90. The molecule has 0 bridgehead atoms. The van der Waals surface area contributed by atoms with E-state index in [9.17, 15) is 4.79 Å². The monoisotopic (exact) mass is 163 g/mol. The van der Waals surface area contributed by atoms with Crippen molar-refractivity contribution >= 4 is 21.4 Å². The lowest BCUT2D eigenvalue weighted by Crippen LogP contribution is -1.96. The first kappa shape index (κ1) is 6.49. The van der Waals surface area contributed by atoms with Crippen LogP contribution in [-0.2, 0) is 0 Å². The average molecular weight is 163 g/mol. The van der Waals surface area contributed by atoms with Gasteiger partial charge in [-0.25, -0.2) is 4.98 Å². The van der Waals surface area contributed by atoms with Gasteiger partial charge in [0.1, 0.15) is 0 Å². The van der Waals surface area contributed by atoms with Crippen LogP contribution in [0.5, 0.6) is 0 Å². The summed E-state index contributed by atoms with van der Waals surface area (Å²) in [5, 5.41) is 1.03. The Morgan fingerprint density at radius 1 is 1.27 bits per heavy atom. The van der Waals surface area contributed by atoms with Crippen molar-refractivity contribution in [2.45, 2.75) is 0 Å². The van der Waals surface area contributed by atoms with Gasteiger partial charge in [0.15, 0.2) is 0 Å². The summed E-state index contributed by atoms with van der Waals surface area (Å²) < 4.78 is 0.993. The third-order valence-electron chi connectivity index (χ3n) is 1.43. The molecule has 54 valence electrons. The van der Waals surface area contributed by atoms with Gasteiger partial charge in [0.2, 0.25) is 0 Å². The van der Waals surface area contributed by atoms with Crippen LogP contribution in [0.1, 0.15) is 0 Å². The van der Waals surface area contributed by atoms with Crippen LogP contribution in [0, 0.1) is 0 Å². The molecular weight excluding hydrogens is 158 g/mol. The number of hydrogen-bond acceptors (Lipinski definition) is 3. The lowest BCUT2D eigenvalue weighted by molar-refractivity contribution is 1.33. The second-order valence-corrected chi connectivity index (χ2v) is 3.16. The third-order valence-corrected chi connectivity index (χ3v) is 2.30. The standard InChI is InChI=1S/C8H5NOS/c10-8-9-5-6-3-1-2-4-7(6)11-8/h1-5H. The molecule has 11 heavy (non-hydrogen) atoms. The van der Waals surface area contributed by atoms with Crippen LogP contribution in [0.2, 0.25) is 0 Å². The second-order valence-electron chi connectivity index (χ2n) is 2.16. The van der Waals surface area contributed by atoms with E-state index in [2.05, 4.69) is 4.98 Å². The summed E-state index contributed by atoms with van der Waals surface area (Å²) in [5.41, 5.74) is 0. The van der Waals surface area contributed by atoms with Crippen molar-refractivity contribution in [1.29, 1.82) is 0 Å². The maximum Gasteiger partial charge on any atom is 0.326 e. The minimum atomic E-state index is -0.135. The number of aromatic nitrogens is 1. The molecular formula is C8H5NOS. The van der Waals surface area contributed by atoms with E-state index >= 15 is 0 Å². The Morgan fingerprint density at radius 3 is 3.00 bits per heavy atom. The molecule has 0 aliphatic rings. The summed E-state index contributed by atoms with van der Waals surface area (Å²) in [7, 11) is 0. The van der Waals surface area contributed by atoms with E-state index in [-0.39, 0.29) is 4.87 Å². The Kier molecular flexibility index (Phi) is 1.43. The summed E-state index contributed by atoms with van der Waals surface area (Å²) in [6, 6.07) is 7.71. The molecule has 0 saturated carbocycles. The maximum atomic E-state index is 10.8. The topological polar surface area (TPSA) is 30.0 Å². The summed E-state index contributed by atoms with van der Waals surface area (Å²) >= 11 is 1.18. The summed E-state index contributed by atoms with van der Waals surface area (Å²) in [6.45, 7) is 0. The molecule has 0 spiro atoms. The average Bonchev–Trinajstić information content (AvgIpc) is 2.04. The molecule has 2 nitrogen and oxygen atoms in total.